The predicted molar refractivity (Wildman–Crippen MR) is 69.3 cm³/mol. The molecular weight excluding hydrogens is 251 g/mol. The summed E-state index contributed by atoms with van der Waals surface area (Å²) in [5.41, 5.74) is 1.44. The molecule has 2 rings (SSSR count). The van der Waals surface area contributed by atoms with Crippen LogP contribution >= 0.6 is 0 Å². The first-order valence-electron chi connectivity index (χ1n) is 5.74. The van der Waals surface area contributed by atoms with Gasteiger partial charge in [-0.2, -0.15) is 13.2 Å². The van der Waals surface area contributed by atoms with E-state index in [1.807, 2.05) is 19.1 Å². The molecule has 0 aliphatic carbocycles. The number of pyridine rings is 1. The molecule has 0 saturated heterocycles. The number of aryl methyl sites for hydroxylation is 1. The minimum Gasteiger partial charge on any atom is -0.254 e. The van der Waals surface area contributed by atoms with Gasteiger partial charge >= 0.3 is 6.18 Å². The van der Waals surface area contributed by atoms with Gasteiger partial charge in [-0.1, -0.05) is 24.3 Å². The summed E-state index contributed by atoms with van der Waals surface area (Å²) in [5, 5.41) is 0. The zero-order valence-corrected chi connectivity index (χ0v) is 10.3. The van der Waals surface area contributed by atoms with Gasteiger partial charge in [0.15, 0.2) is 0 Å². The third kappa shape index (κ3) is 3.68. The molecule has 19 heavy (non-hydrogen) atoms. The van der Waals surface area contributed by atoms with Crippen molar-refractivity contribution in [1.29, 1.82) is 0 Å². The molecule has 0 unspecified atom stereocenters. The highest BCUT2D eigenvalue weighted by molar-refractivity contribution is 5.68. The highest BCUT2D eigenvalue weighted by atomic mass is 19.4. The molecule has 1 aromatic carbocycles. The Balaban J connectivity index is 2.24. The Morgan fingerprint density at radius 2 is 1.74 bits per heavy atom. The third-order valence-electron chi connectivity index (χ3n) is 2.57. The van der Waals surface area contributed by atoms with E-state index in [-0.39, 0.29) is 0 Å². The number of benzene rings is 1. The Bertz CT molecular complexity index is 600. The molecule has 0 saturated carbocycles. The number of hydrogen-bond donors (Lipinski definition) is 0. The molecule has 0 N–H and O–H groups in total. The van der Waals surface area contributed by atoms with Gasteiger partial charge in [-0.25, -0.2) is 0 Å². The number of hydrogen-bond acceptors (Lipinski definition) is 1. The van der Waals surface area contributed by atoms with Crippen molar-refractivity contribution in [2.24, 2.45) is 0 Å². The lowest BCUT2D eigenvalue weighted by Crippen LogP contribution is -2.04. The van der Waals surface area contributed by atoms with Crippen molar-refractivity contribution in [3.05, 3.63) is 65.0 Å². The number of aromatic nitrogens is 1. The molecule has 0 atom stereocenters. The standard InChI is InChI=1S/C15H12F3N/c1-11-4-2-7-14(19-11)9-8-12-5-3-6-13(10-12)15(16,17)18/h2-10H,1H3. The molecule has 0 fully saturated rings. The Morgan fingerprint density at radius 1 is 1.00 bits per heavy atom. The van der Waals surface area contributed by atoms with Gasteiger partial charge in [0.1, 0.15) is 0 Å². The summed E-state index contributed by atoms with van der Waals surface area (Å²) in [4.78, 5) is 4.25. The molecule has 4 heteroatoms. The number of rotatable bonds is 2. The Morgan fingerprint density at radius 3 is 2.42 bits per heavy atom. The molecule has 0 spiro atoms. The van der Waals surface area contributed by atoms with Crippen LogP contribution in [0, 0.1) is 6.92 Å². The molecule has 1 nitrogen and oxygen atoms in total. The zero-order chi connectivity index (χ0) is 13.9. The van der Waals surface area contributed by atoms with Crippen LogP contribution in [0.15, 0.2) is 42.5 Å². The molecule has 0 aliphatic heterocycles. The van der Waals surface area contributed by atoms with Gasteiger partial charge in [-0.3, -0.25) is 4.98 Å². The second-order valence-corrected chi connectivity index (χ2v) is 4.16. The van der Waals surface area contributed by atoms with Gasteiger partial charge in [0.2, 0.25) is 0 Å². The smallest absolute Gasteiger partial charge is 0.254 e. The van der Waals surface area contributed by atoms with Crippen LogP contribution in [0.1, 0.15) is 22.5 Å². The molecule has 0 bridgehead atoms. The summed E-state index contributed by atoms with van der Waals surface area (Å²) < 4.78 is 37.6. The minimum absolute atomic E-state index is 0.498. The summed E-state index contributed by atoms with van der Waals surface area (Å²) in [6, 6.07) is 10.7. The molecule has 1 aromatic heterocycles. The summed E-state index contributed by atoms with van der Waals surface area (Å²) in [6.45, 7) is 1.86. The zero-order valence-electron chi connectivity index (χ0n) is 10.3. The van der Waals surface area contributed by atoms with Gasteiger partial charge < -0.3 is 0 Å². The van der Waals surface area contributed by atoms with Crippen LogP contribution in [0.5, 0.6) is 0 Å². The maximum Gasteiger partial charge on any atom is 0.416 e. The summed E-state index contributed by atoms with van der Waals surface area (Å²) in [5.74, 6) is 0. The Labute approximate surface area is 109 Å². The first-order chi connectivity index (χ1) is 8.95. The van der Waals surface area contributed by atoms with Crippen LogP contribution in [0.4, 0.5) is 13.2 Å². The first kappa shape index (κ1) is 13.3. The molecule has 0 aliphatic rings. The van der Waals surface area contributed by atoms with E-state index in [9.17, 15) is 13.2 Å². The monoisotopic (exact) mass is 263 g/mol. The molecule has 0 radical (unpaired) electrons. The Hall–Kier alpha value is -2.10. The van der Waals surface area contributed by atoms with Crippen LogP contribution in [0.25, 0.3) is 12.2 Å². The maximum atomic E-state index is 12.5. The fourth-order valence-corrected chi connectivity index (χ4v) is 1.66. The molecule has 98 valence electrons. The van der Waals surface area contributed by atoms with E-state index in [0.29, 0.717) is 5.56 Å². The minimum atomic E-state index is -4.31. The van der Waals surface area contributed by atoms with Crippen LogP contribution in [0.2, 0.25) is 0 Å². The van der Waals surface area contributed by atoms with E-state index in [1.165, 1.54) is 6.07 Å². The van der Waals surface area contributed by atoms with Gasteiger partial charge in [0, 0.05) is 5.69 Å². The molecule has 0 amide bonds. The SMILES string of the molecule is Cc1cccc(C=Cc2cccc(C(F)(F)F)c2)n1. The fraction of sp³-hybridized carbons (Fsp3) is 0.133. The first-order valence-corrected chi connectivity index (χ1v) is 5.74. The van der Waals surface area contributed by atoms with Crippen LogP contribution in [-0.2, 0) is 6.18 Å². The van der Waals surface area contributed by atoms with E-state index in [0.717, 1.165) is 23.5 Å². The molecule has 1 heterocycles. The van der Waals surface area contributed by atoms with Gasteiger partial charge in [-0.15, -0.1) is 0 Å². The van der Waals surface area contributed by atoms with Gasteiger partial charge in [0.05, 0.1) is 11.3 Å². The average molecular weight is 263 g/mol. The number of alkyl halides is 3. The predicted octanol–water partition coefficient (Wildman–Crippen LogP) is 4.58. The van der Waals surface area contributed by atoms with Gasteiger partial charge in [-0.05, 0) is 42.8 Å². The molecule has 2 aromatic rings. The average Bonchev–Trinajstić information content (AvgIpc) is 2.36. The lowest BCUT2D eigenvalue weighted by Gasteiger charge is -2.06. The highest BCUT2D eigenvalue weighted by Crippen LogP contribution is 2.29. The normalized spacial score (nSPS) is 12.0. The summed E-state index contributed by atoms with van der Waals surface area (Å²) in [7, 11) is 0. The lowest BCUT2D eigenvalue weighted by atomic mass is 10.1. The van der Waals surface area contributed by atoms with Crippen LogP contribution in [-0.4, -0.2) is 4.98 Å². The van der Waals surface area contributed by atoms with Crippen molar-refractivity contribution in [2.45, 2.75) is 13.1 Å². The lowest BCUT2D eigenvalue weighted by molar-refractivity contribution is -0.137. The topological polar surface area (TPSA) is 12.9 Å². The van der Waals surface area contributed by atoms with Gasteiger partial charge in [0.25, 0.3) is 0 Å². The molecular formula is C15H12F3N. The number of halogens is 3. The van der Waals surface area contributed by atoms with Crippen LogP contribution in [0.3, 0.4) is 0 Å². The van der Waals surface area contributed by atoms with Crippen molar-refractivity contribution in [2.75, 3.05) is 0 Å². The van der Waals surface area contributed by atoms with Crippen molar-refractivity contribution in [3.8, 4) is 0 Å². The van der Waals surface area contributed by atoms with E-state index in [2.05, 4.69) is 4.98 Å². The van der Waals surface area contributed by atoms with E-state index in [4.69, 9.17) is 0 Å². The quantitative estimate of drug-likeness (QED) is 0.772. The van der Waals surface area contributed by atoms with Crippen LogP contribution < -0.4 is 0 Å². The van der Waals surface area contributed by atoms with Crippen molar-refractivity contribution in [1.82, 2.24) is 4.98 Å². The third-order valence-corrected chi connectivity index (χ3v) is 2.57. The van der Waals surface area contributed by atoms with Crippen molar-refractivity contribution in [3.63, 3.8) is 0 Å². The summed E-state index contributed by atoms with van der Waals surface area (Å²) >= 11 is 0. The largest absolute Gasteiger partial charge is 0.416 e. The fourth-order valence-electron chi connectivity index (χ4n) is 1.66. The van der Waals surface area contributed by atoms with Crippen molar-refractivity contribution >= 4 is 12.2 Å². The summed E-state index contributed by atoms with van der Waals surface area (Å²) in [6.07, 6.45) is -0.995. The van der Waals surface area contributed by atoms with Crippen molar-refractivity contribution < 1.29 is 13.2 Å². The second-order valence-electron chi connectivity index (χ2n) is 4.16. The van der Waals surface area contributed by atoms with E-state index < -0.39 is 11.7 Å². The maximum absolute atomic E-state index is 12.5. The van der Waals surface area contributed by atoms with E-state index in [1.54, 1.807) is 24.3 Å². The highest BCUT2D eigenvalue weighted by Gasteiger charge is 2.30. The van der Waals surface area contributed by atoms with E-state index >= 15 is 0 Å². The number of nitrogens with zero attached hydrogens (tertiary/aromatic N) is 1. The Kier molecular flexibility index (Phi) is 3.69. The second kappa shape index (κ2) is 5.26.